The molecule has 1 saturated heterocycles. The van der Waals surface area contributed by atoms with Crippen LogP contribution < -0.4 is 0 Å². The second-order valence-electron chi connectivity index (χ2n) is 6.28. The van der Waals surface area contributed by atoms with Crippen LogP contribution in [0, 0.1) is 6.92 Å². The highest BCUT2D eigenvalue weighted by molar-refractivity contribution is 5.95. The Labute approximate surface area is 147 Å². The fraction of sp³-hybridized carbons (Fsp3) is 0.500. The summed E-state index contributed by atoms with van der Waals surface area (Å²) in [4.78, 5) is 28.8. The predicted molar refractivity (Wildman–Crippen MR) is 92.4 cm³/mol. The van der Waals surface area contributed by atoms with Gasteiger partial charge >= 0.3 is 0 Å². The van der Waals surface area contributed by atoms with Gasteiger partial charge in [0, 0.05) is 38.4 Å². The first-order valence-electron chi connectivity index (χ1n) is 8.76. The van der Waals surface area contributed by atoms with Crippen LogP contribution >= 0.6 is 0 Å². The number of rotatable bonds is 4. The second-order valence-corrected chi connectivity index (χ2v) is 6.28. The SMILES string of the molecule is CCCn1ncc(C(=O)N2CCCN(C(=O)c3ccco3)CC2)c1C. The van der Waals surface area contributed by atoms with Crippen molar-refractivity contribution < 1.29 is 14.0 Å². The summed E-state index contributed by atoms with van der Waals surface area (Å²) < 4.78 is 7.06. The molecule has 25 heavy (non-hydrogen) atoms. The summed E-state index contributed by atoms with van der Waals surface area (Å²) in [5, 5.41) is 4.31. The van der Waals surface area contributed by atoms with Crippen LogP contribution in [0.15, 0.2) is 29.0 Å². The first-order chi connectivity index (χ1) is 12.1. The van der Waals surface area contributed by atoms with E-state index in [4.69, 9.17) is 4.42 Å². The van der Waals surface area contributed by atoms with Crippen molar-refractivity contribution in [2.75, 3.05) is 26.2 Å². The largest absolute Gasteiger partial charge is 0.459 e. The number of carbonyl (C=O) groups excluding carboxylic acids is 2. The van der Waals surface area contributed by atoms with Crippen LogP contribution in [0.5, 0.6) is 0 Å². The molecule has 7 nitrogen and oxygen atoms in total. The predicted octanol–water partition coefficient (Wildman–Crippen LogP) is 2.18. The highest BCUT2D eigenvalue weighted by Crippen LogP contribution is 2.15. The van der Waals surface area contributed by atoms with Gasteiger partial charge < -0.3 is 14.2 Å². The molecule has 2 amide bonds. The van der Waals surface area contributed by atoms with E-state index in [1.54, 1.807) is 23.2 Å². The van der Waals surface area contributed by atoms with E-state index in [1.165, 1.54) is 6.26 Å². The fourth-order valence-corrected chi connectivity index (χ4v) is 3.14. The highest BCUT2D eigenvalue weighted by Gasteiger charge is 2.26. The number of hydrogen-bond donors (Lipinski definition) is 0. The lowest BCUT2D eigenvalue weighted by Crippen LogP contribution is -2.37. The van der Waals surface area contributed by atoms with Crippen molar-refractivity contribution in [1.82, 2.24) is 19.6 Å². The van der Waals surface area contributed by atoms with E-state index < -0.39 is 0 Å². The number of carbonyl (C=O) groups is 2. The lowest BCUT2D eigenvalue weighted by Gasteiger charge is -2.21. The molecule has 2 aromatic rings. The molecule has 0 N–H and O–H groups in total. The lowest BCUT2D eigenvalue weighted by molar-refractivity contribution is 0.0700. The number of hydrogen-bond acceptors (Lipinski definition) is 4. The Kier molecular flexibility index (Phi) is 5.21. The van der Waals surface area contributed by atoms with Gasteiger partial charge in [0.1, 0.15) is 0 Å². The normalized spacial score (nSPS) is 15.3. The molecule has 3 heterocycles. The minimum Gasteiger partial charge on any atom is -0.459 e. The van der Waals surface area contributed by atoms with Crippen LogP contribution in [0.4, 0.5) is 0 Å². The highest BCUT2D eigenvalue weighted by atomic mass is 16.3. The summed E-state index contributed by atoms with van der Waals surface area (Å²) >= 11 is 0. The molecule has 2 aromatic heterocycles. The maximum Gasteiger partial charge on any atom is 0.289 e. The minimum atomic E-state index is -0.119. The molecule has 1 aliphatic rings. The fourth-order valence-electron chi connectivity index (χ4n) is 3.14. The molecule has 0 saturated carbocycles. The third-order valence-electron chi connectivity index (χ3n) is 4.57. The lowest BCUT2D eigenvalue weighted by atomic mass is 10.2. The van der Waals surface area contributed by atoms with E-state index >= 15 is 0 Å². The Morgan fingerprint density at radius 3 is 2.52 bits per heavy atom. The Morgan fingerprint density at radius 1 is 1.16 bits per heavy atom. The summed E-state index contributed by atoms with van der Waals surface area (Å²) in [7, 11) is 0. The van der Waals surface area contributed by atoms with Crippen LogP contribution in [0.1, 0.15) is 46.4 Å². The number of furan rings is 1. The zero-order valence-corrected chi connectivity index (χ0v) is 14.8. The van der Waals surface area contributed by atoms with Gasteiger partial charge in [-0.3, -0.25) is 14.3 Å². The van der Waals surface area contributed by atoms with Crippen molar-refractivity contribution in [3.8, 4) is 0 Å². The summed E-state index contributed by atoms with van der Waals surface area (Å²) in [5.41, 5.74) is 1.55. The molecule has 1 fully saturated rings. The molecule has 7 heteroatoms. The van der Waals surface area contributed by atoms with Crippen LogP contribution in [0.3, 0.4) is 0 Å². The van der Waals surface area contributed by atoms with Crippen LogP contribution in [-0.2, 0) is 6.54 Å². The maximum absolute atomic E-state index is 12.8. The van der Waals surface area contributed by atoms with Crippen LogP contribution in [0.25, 0.3) is 0 Å². The Hall–Kier alpha value is -2.57. The summed E-state index contributed by atoms with van der Waals surface area (Å²) in [6.07, 6.45) is 4.88. The first-order valence-corrected chi connectivity index (χ1v) is 8.76. The molecular weight excluding hydrogens is 320 g/mol. The van der Waals surface area contributed by atoms with Gasteiger partial charge in [-0.25, -0.2) is 0 Å². The maximum atomic E-state index is 12.8. The third kappa shape index (κ3) is 3.60. The van der Waals surface area contributed by atoms with E-state index in [1.807, 2.05) is 16.5 Å². The van der Waals surface area contributed by atoms with Crippen molar-refractivity contribution in [2.24, 2.45) is 0 Å². The van der Waals surface area contributed by atoms with Gasteiger partial charge in [0.25, 0.3) is 11.8 Å². The number of aromatic nitrogens is 2. The average molecular weight is 344 g/mol. The summed E-state index contributed by atoms with van der Waals surface area (Å²) in [6, 6.07) is 3.37. The summed E-state index contributed by atoms with van der Waals surface area (Å²) in [6.45, 7) is 7.11. The van der Waals surface area contributed by atoms with Gasteiger partial charge in [-0.2, -0.15) is 5.10 Å². The van der Waals surface area contributed by atoms with Gasteiger partial charge in [-0.1, -0.05) is 6.92 Å². The molecule has 0 aliphatic carbocycles. The van der Waals surface area contributed by atoms with Gasteiger partial charge in [0.05, 0.1) is 18.0 Å². The van der Waals surface area contributed by atoms with Gasteiger partial charge in [-0.05, 0) is 31.9 Å². The van der Waals surface area contributed by atoms with Crippen molar-refractivity contribution >= 4 is 11.8 Å². The van der Waals surface area contributed by atoms with Gasteiger partial charge in [-0.15, -0.1) is 0 Å². The van der Waals surface area contributed by atoms with E-state index in [0.717, 1.165) is 25.1 Å². The number of nitrogens with zero attached hydrogens (tertiary/aromatic N) is 4. The molecule has 0 aromatic carbocycles. The topological polar surface area (TPSA) is 71.6 Å². The molecule has 0 unspecified atom stereocenters. The molecule has 0 radical (unpaired) electrons. The van der Waals surface area contributed by atoms with E-state index in [2.05, 4.69) is 12.0 Å². The van der Waals surface area contributed by atoms with Gasteiger partial charge in [0.2, 0.25) is 0 Å². The van der Waals surface area contributed by atoms with Crippen molar-refractivity contribution in [3.05, 3.63) is 41.6 Å². The molecule has 0 atom stereocenters. The summed E-state index contributed by atoms with van der Waals surface area (Å²) in [5.74, 6) is 0.217. The monoisotopic (exact) mass is 344 g/mol. The average Bonchev–Trinajstić information content (AvgIpc) is 3.19. The molecular formula is C18H24N4O3. The zero-order valence-electron chi connectivity index (χ0n) is 14.8. The van der Waals surface area contributed by atoms with Gasteiger partial charge in [0.15, 0.2) is 5.76 Å². The number of aryl methyl sites for hydroxylation is 1. The molecule has 1 aliphatic heterocycles. The van der Waals surface area contributed by atoms with E-state index in [0.29, 0.717) is 37.5 Å². The molecule has 0 spiro atoms. The molecule has 3 rings (SSSR count). The number of amides is 2. The zero-order chi connectivity index (χ0) is 17.8. The van der Waals surface area contributed by atoms with Crippen molar-refractivity contribution in [2.45, 2.75) is 33.2 Å². The Bertz CT molecular complexity index is 736. The van der Waals surface area contributed by atoms with E-state index in [9.17, 15) is 9.59 Å². The standard InChI is InChI=1S/C18H24N4O3/c1-3-7-22-14(2)15(13-19-22)17(23)20-8-5-9-21(11-10-20)18(24)16-6-4-12-25-16/h4,6,12-13H,3,5,7-11H2,1-2H3. The minimum absolute atomic E-state index is 0.00727. The van der Waals surface area contributed by atoms with E-state index in [-0.39, 0.29) is 11.8 Å². The Morgan fingerprint density at radius 2 is 1.88 bits per heavy atom. The van der Waals surface area contributed by atoms with Crippen molar-refractivity contribution in [3.63, 3.8) is 0 Å². The Balaban J connectivity index is 1.66. The second kappa shape index (κ2) is 7.55. The smallest absolute Gasteiger partial charge is 0.289 e. The first kappa shape index (κ1) is 17.3. The van der Waals surface area contributed by atoms with Crippen LogP contribution in [-0.4, -0.2) is 57.6 Å². The van der Waals surface area contributed by atoms with Crippen molar-refractivity contribution in [1.29, 1.82) is 0 Å². The third-order valence-corrected chi connectivity index (χ3v) is 4.57. The molecule has 0 bridgehead atoms. The van der Waals surface area contributed by atoms with Crippen LogP contribution in [0.2, 0.25) is 0 Å². The quantitative estimate of drug-likeness (QED) is 0.852. The molecule has 134 valence electrons.